The second-order valence-electron chi connectivity index (χ2n) is 6.78. The fourth-order valence-electron chi connectivity index (χ4n) is 3.69. The van der Waals surface area contributed by atoms with Gasteiger partial charge >= 0.3 is 0 Å². The van der Waals surface area contributed by atoms with Crippen LogP contribution in [-0.4, -0.2) is 59.1 Å². The summed E-state index contributed by atoms with van der Waals surface area (Å²) in [6.07, 6.45) is 3.63. The van der Waals surface area contributed by atoms with E-state index in [1.807, 2.05) is 0 Å². The van der Waals surface area contributed by atoms with Gasteiger partial charge in [0.1, 0.15) is 0 Å². The molecular formula is C18H24F2N2O2. The van der Waals surface area contributed by atoms with Crippen LogP contribution in [0.5, 0.6) is 0 Å². The first-order chi connectivity index (χ1) is 11.5. The molecule has 3 rings (SSSR count). The Morgan fingerprint density at radius 1 is 1.12 bits per heavy atom. The lowest BCUT2D eigenvalue weighted by atomic mass is 10.1. The number of amides is 1. The maximum Gasteiger partial charge on any atom is 0.223 e. The van der Waals surface area contributed by atoms with Crippen LogP contribution in [0.3, 0.4) is 0 Å². The van der Waals surface area contributed by atoms with Crippen molar-refractivity contribution in [2.45, 2.75) is 44.2 Å². The van der Waals surface area contributed by atoms with Crippen LogP contribution >= 0.6 is 0 Å². The summed E-state index contributed by atoms with van der Waals surface area (Å²) in [6, 6.07) is 3.75. The average molecular weight is 338 g/mol. The third-order valence-electron chi connectivity index (χ3n) is 5.08. The number of carbonyl (C=O) groups excluding carboxylic acids is 1. The highest BCUT2D eigenvalue weighted by molar-refractivity contribution is 5.77. The summed E-state index contributed by atoms with van der Waals surface area (Å²) in [4.78, 5) is 16.4. The number of aliphatic hydroxyl groups is 1. The molecule has 2 heterocycles. The number of benzene rings is 1. The molecule has 1 aromatic carbocycles. The molecule has 2 aliphatic rings. The molecule has 0 bridgehead atoms. The van der Waals surface area contributed by atoms with Gasteiger partial charge in [0.2, 0.25) is 5.91 Å². The van der Waals surface area contributed by atoms with E-state index in [1.165, 1.54) is 12.5 Å². The Hall–Kier alpha value is -1.53. The van der Waals surface area contributed by atoms with Crippen molar-refractivity contribution in [1.82, 2.24) is 9.80 Å². The SMILES string of the molecule is O=C(CCc1ccc(F)c(F)c1)N1C[C@H](O)[C@@H](N2CCCCC2)C1. The lowest BCUT2D eigenvalue weighted by Crippen LogP contribution is -2.46. The summed E-state index contributed by atoms with van der Waals surface area (Å²) in [5, 5.41) is 10.3. The molecule has 4 nitrogen and oxygen atoms in total. The smallest absolute Gasteiger partial charge is 0.223 e. The number of piperidine rings is 1. The predicted molar refractivity (Wildman–Crippen MR) is 86.5 cm³/mol. The zero-order valence-corrected chi connectivity index (χ0v) is 13.8. The van der Waals surface area contributed by atoms with Gasteiger partial charge in [0.25, 0.3) is 0 Å². The number of rotatable bonds is 4. The summed E-state index contributed by atoms with van der Waals surface area (Å²) >= 11 is 0. The fourth-order valence-corrected chi connectivity index (χ4v) is 3.69. The third-order valence-corrected chi connectivity index (χ3v) is 5.08. The van der Waals surface area contributed by atoms with Crippen LogP contribution in [-0.2, 0) is 11.2 Å². The van der Waals surface area contributed by atoms with E-state index in [0.29, 0.717) is 25.1 Å². The van der Waals surface area contributed by atoms with Crippen LogP contribution in [0.4, 0.5) is 8.78 Å². The normalized spacial score (nSPS) is 25.2. The van der Waals surface area contributed by atoms with Crippen LogP contribution in [0, 0.1) is 11.6 Å². The van der Waals surface area contributed by atoms with Gasteiger partial charge in [-0.15, -0.1) is 0 Å². The number of carbonyl (C=O) groups is 1. The van der Waals surface area contributed by atoms with Gasteiger partial charge in [0, 0.05) is 19.5 Å². The molecule has 0 spiro atoms. The second kappa shape index (κ2) is 7.57. The van der Waals surface area contributed by atoms with Gasteiger partial charge in [-0.2, -0.15) is 0 Å². The highest BCUT2D eigenvalue weighted by Crippen LogP contribution is 2.21. The molecule has 2 aliphatic heterocycles. The molecule has 6 heteroatoms. The summed E-state index contributed by atoms with van der Waals surface area (Å²) in [5.41, 5.74) is 0.606. The lowest BCUT2D eigenvalue weighted by Gasteiger charge is -2.33. The van der Waals surface area contributed by atoms with Crippen molar-refractivity contribution in [2.24, 2.45) is 0 Å². The minimum absolute atomic E-state index is 0.0255. The largest absolute Gasteiger partial charge is 0.390 e. The van der Waals surface area contributed by atoms with Gasteiger partial charge in [-0.25, -0.2) is 8.78 Å². The van der Waals surface area contributed by atoms with E-state index in [0.717, 1.165) is 38.1 Å². The van der Waals surface area contributed by atoms with E-state index in [1.54, 1.807) is 4.90 Å². The van der Waals surface area contributed by atoms with Crippen molar-refractivity contribution in [1.29, 1.82) is 0 Å². The monoisotopic (exact) mass is 338 g/mol. The third kappa shape index (κ3) is 3.92. The molecule has 2 atom stereocenters. The van der Waals surface area contributed by atoms with Gasteiger partial charge in [-0.05, 0) is 50.0 Å². The number of β-amino-alcohol motifs (C(OH)–C–C–N with tert-alkyl or cyclic N) is 1. The van der Waals surface area contributed by atoms with Crippen molar-refractivity contribution in [2.75, 3.05) is 26.2 Å². The maximum atomic E-state index is 13.2. The molecule has 2 fully saturated rings. The molecular weight excluding hydrogens is 314 g/mol. The van der Waals surface area contributed by atoms with Crippen molar-refractivity contribution in [3.8, 4) is 0 Å². The second-order valence-corrected chi connectivity index (χ2v) is 6.78. The topological polar surface area (TPSA) is 43.8 Å². The Bertz CT molecular complexity index is 590. The highest BCUT2D eigenvalue weighted by Gasteiger charge is 2.37. The van der Waals surface area contributed by atoms with Crippen LogP contribution < -0.4 is 0 Å². The van der Waals surface area contributed by atoms with E-state index < -0.39 is 17.7 Å². The molecule has 0 saturated carbocycles. The van der Waals surface area contributed by atoms with Crippen molar-refractivity contribution in [3.05, 3.63) is 35.4 Å². The first-order valence-electron chi connectivity index (χ1n) is 8.68. The van der Waals surface area contributed by atoms with Crippen LogP contribution in [0.25, 0.3) is 0 Å². The molecule has 1 N–H and O–H groups in total. The molecule has 0 aromatic heterocycles. The quantitative estimate of drug-likeness (QED) is 0.913. The molecule has 132 valence electrons. The summed E-state index contributed by atoms with van der Waals surface area (Å²) in [7, 11) is 0. The lowest BCUT2D eigenvalue weighted by molar-refractivity contribution is -0.130. The maximum absolute atomic E-state index is 13.2. The Morgan fingerprint density at radius 3 is 2.58 bits per heavy atom. The standard InChI is InChI=1S/C18H24F2N2O2/c19-14-6-4-13(10-15(14)20)5-7-18(24)22-11-16(17(23)12-22)21-8-2-1-3-9-21/h4,6,10,16-17,23H,1-3,5,7-9,11-12H2/t16-,17-/m0/s1. The predicted octanol–water partition coefficient (Wildman–Crippen LogP) is 1.96. The van der Waals surface area contributed by atoms with E-state index in [-0.39, 0.29) is 18.4 Å². The van der Waals surface area contributed by atoms with Crippen molar-refractivity contribution in [3.63, 3.8) is 0 Å². The first kappa shape index (κ1) is 17.3. The van der Waals surface area contributed by atoms with E-state index in [9.17, 15) is 18.7 Å². The number of nitrogens with zero attached hydrogens (tertiary/aromatic N) is 2. The highest BCUT2D eigenvalue weighted by atomic mass is 19.2. The van der Waals surface area contributed by atoms with E-state index >= 15 is 0 Å². The molecule has 24 heavy (non-hydrogen) atoms. The average Bonchev–Trinajstić information content (AvgIpc) is 2.98. The Kier molecular flexibility index (Phi) is 5.46. The van der Waals surface area contributed by atoms with Gasteiger partial charge in [-0.1, -0.05) is 12.5 Å². The minimum atomic E-state index is -0.887. The number of hydrogen-bond donors (Lipinski definition) is 1. The molecule has 0 radical (unpaired) electrons. The Labute approximate surface area is 141 Å². The fraction of sp³-hybridized carbons (Fsp3) is 0.611. The van der Waals surface area contributed by atoms with Crippen molar-refractivity contribution < 1.29 is 18.7 Å². The van der Waals surface area contributed by atoms with Gasteiger partial charge in [-0.3, -0.25) is 9.69 Å². The summed E-state index contributed by atoms with van der Waals surface area (Å²) < 4.78 is 26.1. The summed E-state index contributed by atoms with van der Waals surface area (Å²) in [5.74, 6) is -1.81. The number of aliphatic hydroxyl groups excluding tert-OH is 1. The molecule has 1 amide bonds. The Morgan fingerprint density at radius 2 is 1.88 bits per heavy atom. The van der Waals surface area contributed by atoms with Crippen LogP contribution in [0.2, 0.25) is 0 Å². The van der Waals surface area contributed by atoms with Crippen LogP contribution in [0.15, 0.2) is 18.2 Å². The molecule has 2 saturated heterocycles. The van der Waals surface area contributed by atoms with Gasteiger partial charge in [0.15, 0.2) is 11.6 Å². The molecule has 0 aliphatic carbocycles. The number of likely N-dealkylation sites (tertiary alicyclic amines) is 2. The summed E-state index contributed by atoms with van der Waals surface area (Å²) in [6.45, 7) is 2.88. The van der Waals surface area contributed by atoms with Gasteiger partial charge in [0.05, 0.1) is 12.1 Å². The van der Waals surface area contributed by atoms with Crippen molar-refractivity contribution >= 4 is 5.91 Å². The van der Waals surface area contributed by atoms with Crippen LogP contribution in [0.1, 0.15) is 31.2 Å². The minimum Gasteiger partial charge on any atom is -0.390 e. The van der Waals surface area contributed by atoms with E-state index in [4.69, 9.17) is 0 Å². The number of hydrogen-bond acceptors (Lipinski definition) is 3. The molecule has 0 unspecified atom stereocenters. The zero-order chi connectivity index (χ0) is 17.1. The Balaban J connectivity index is 1.52. The number of halogens is 2. The molecule has 1 aromatic rings. The number of aryl methyl sites for hydroxylation is 1. The first-order valence-corrected chi connectivity index (χ1v) is 8.68. The van der Waals surface area contributed by atoms with E-state index in [2.05, 4.69) is 4.90 Å². The van der Waals surface area contributed by atoms with Gasteiger partial charge < -0.3 is 10.0 Å². The zero-order valence-electron chi connectivity index (χ0n) is 13.8.